The zero-order chi connectivity index (χ0) is 22.4. The lowest BCUT2D eigenvalue weighted by molar-refractivity contribution is -0.117. The number of thiophene rings is 1. The standard InChI is InChI=1S/C20H22N4O5S2/c1-11(18(25)22-20-24-23-16(31-20)7-12-5-6-30-10-12)21-19(26)13-8-14(27-2)17(29-4)15(9-13)28-3/h5-6,8-11H,7H2,1-4H3,(H,21,26)(H,22,24,25). The number of methoxy groups -OCH3 is 3. The molecule has 0 spiro atoms. The highest BCUT2D eigenvalue weighted by atomic mass is 32.1. The maximum Gasteiger partial charge on any atom is 0.252 e. The van der Waals surface area contributed by atoms with Crippen LogP contribution in [0.25, 0.3) is 0 Å². The van der Waals surface area contributed by atoms with Crippen molar-refractivity contribution in [3.63, 3.8) is 0 Å². The molecule has 0 radical (unpaired) electrons. The average Bonchev–Trinajstić information content (AvgIpc) is 3.44. The van der Waals surface area contributed by atoms with Gasteiger partial charge in [0.25, 0.3) is 5.91 Å². The van der Waals surface area contributed by atoms with E-state index in [-0.39, 0.29) is 5.56 Å². The van der Waals surface area contributed by atoms with Crippen LogP contribution in [0.1, 0.15) is 27.9 Å². The molecule has 3 rings (SSSR count). The number of hydrogen-bond donors (Lipinski definition) is 2. The minimum atomic E-state index is -0.809. The molecule has 1 unspecified atom stereocenters. The summed E-state index contributed by atoms with van der Waals surface area (Å²) in [4.78, 5) is 25.2. The van der Waals surface area contributed by atoms with Crippen LogP contribution in [-0.4, -0.2) is 49.4 Å². The summed E-state index contributed by atoms with van der Waals surface area (Å²) >= 11 is 2.91. The fourth-order valence-electron chi connectivity index (χ4n) is 2.71. The van der Waals surface area contributed by atoms with E-state index in [1.165, 1.54) is 44.8 Å². The predicted molar refractivity (Wildman–Crippen MR) is 119 cm³/mol. The van der Waals surface area contributed by atoms with Crippen molar-refractivity contribution in [3.05, 3.63) is 45.1 Å². The number of rotatable bonds is 9. The largest absolute Gasteiger partial charge is 0.493 e. The lowest BCUT2D eigenvalue weighted by Gasteiger charge is -2.16. The van der Waals surface area contributed by atoms with Gasteiger partial charge in [0.2, 0.25) is 16.8 Å². The van der Waals surface area contributed by atoms with Crippen LogP contribution in [0, 0.1) is 0 Å². The van der Waals surface area contributed by atoms with E-state index >= 15 is 0 Å². The fraction of sp³-hybridized carbons (Fsp3) is 0.300. The van der Waals surface area contributed by atoms with Crippen LogP contribution >= 0.6 is 22.7 Å². The molecule has 0 bridgehead atoms. The zero-order valence-electron chi connectivity index (χ0n) is 17.4. The van der Waals surface area contributed by atoms with Gasteiger partial charge in [-0.3, -0.25) is 14.9 Å². The molecule has 2 N–H and O–H groups in total. The van der Waals surface area contributed by atoms with E-state index in [2.05, 4.69) is 20.8 Å². The van der Waals surface area contributed by atoms with E-state index in [0.717, 1.165) is 10.6 Å². The minimum Gasteiger partial charge on any atom is -0.493 e. The highest BCUT2D eigenvalue weighted by Crippen LogP contribution is 2.38. The smallest absolute Gasteiger partial charge is 0.252 e. The highest BCUT2D eigenvalue weighted by Gasteiger charge is 2.21. The summed E-state index contributed by atoms with van der Waals surface area (Å²) < 4.78 is 15.8. The fourth-order valence-corrected chi connectivity index (χ4v) is 4.16. The van der Waals surface area contributed by atoms with E-state index in [0.29, 0.717) is 28.8 Å². The van der Waals surface area contributed by atoms with Crippen LogP contribution in [0.4, 0.5) is 5.13 Å². The van der Waals surface area contributed by atoms with Crippen LogP contribution in [0.3, 0.4) is 0 Å². The van der Waals surface area contributed by atoms with Gasteiger partial charge in [0, 0.05) is 12.0 Å². The summed E-state index contributed by atoms with van der Waals surface area (Å²) in [6.45, 7) is 1.58. The second-order valence-corrected chi connectivity index (χ2v) is 8.25. The van der Waals surface area contributed by atoms with E-state index in [4.69, 9.17) is 14.2 Å². The van der Waals surface area contributed by atoms with Crippen LogP contribution in [0.15, 0.2) is 29.0 Å². The van der Waals surface area contributed by atoms with Crippen LogP contribution in [-0.2, 0) is 11.2 Å². The first kappa shape index (κ1) is 22.5. The Balaban J connectivity index is 1.63. The van der Waals surface area contributed by atoms with Crippen molar-refractivity contribution < 1.29 is 23.8 Å². The molecule has 31 heavy (non-hydrogen) atoms. The van der Waals surface area contributed by atoms with E-state index in [1.54, 1.807) is 18.3 Å². The molecule has 0 saturated carbocycles. The minimum absolute atomic E-state index is 0.267. The molecule has 0 saturated heterocycles. The van der Waals surface area contributed by atoms with Gasteiger partial charge in [-0.1, -0.05) is 11.3 Å². The Morgan fingerprint density at radius 3 is 2.39 bits per heavy atom. The highest BCUT2D eigenvalue weighted by molar-refractivity contribution is 7.15. The van der Waals surface area contributed by atoms with Gasteiger partial charge in [0.15, 0.2) is 11.5 Å². The number of hydrogen-bond acceptors (Lipinski definition) is 9. The number of nitrogens with one attached hydrogen (secondary N) is 2. The maximum absolute atomic E-state index is 12.7. The Hall–Kier alpha value is -3.18. The number of amides is 2. The van der Waals surface area contributed by atoms with Gasteiger partial charge < -0.3 is 19.5 Å². The van der Waals surface area contributed by atoms with Gasteiger partial charge in [-0.15, -0.1) is 10.2 Å². The summed E-state index contributed by atoms with van der Waals surface area (Å²) in [6, 6.07) is 4.24. The molecule has 0 aliphatic heterocycles. The lowest BCUT2D eigenvalue weighted by atomic mass is 10.1. The van der Waals surface area contributed by atoms with Crippen LogP contribution in [0.2, 0.25) is 0 Å². The van der Waals surface area contributed by atoms with E-state index < -0.39 is 17.9 Å². The number of ether oxygens (including phenoxy) is 3. The van der Waals surface area contributed by atoms with Gasteiger partial charge in [0.05, 0.1) is 21.3 Å². The first-order valence-electron chi connectivity index (χ1n) is 9.20. The number of carbonyl (C=O) groups excluding carboxylic acids is 2. The zero-order valence-corrected chi connectivity index (χ0v) is 19.1. The molecule has 11 heteroatoms. The monoisotopic (exact) mass is 462 g/mol. The predicted octanol–water partition coefficient (Wildman–Crippen LogP) is 2.97. The van der Waals surface area contributed by atoms with Gasteiger partial charge in [-0.25, -0.2) is 0 Å². The molecule has 1 atom stereocenters. The van der Waals surface area contributed by atoms with Crippen LogP contribution in [0.5, 0.6) is 17.2 Å². The molecule has 0 fully saturated rings. The Bertz CT molecular complexity index is 1030. The first-order valence-corrected chi connectivity index (χ1v) is 11.0. The number of anilines is 1. The molecular weight excluding hydrogens is 440 g/mol. The Labute approximate surface area is 187 Å². The SMILES string of the molecule is COc1cc(C(=O)NC(C)C(=O)Nc2nnc(Cc3ccsc3)s2)cc(OC)c1OC. The van der Waals surface area contributed by atoms with Gasteiger partial charge >= 0.3 is 0 Å². The Morgan fingerprint density at radius 2 is 1.81 bits per heavy atom. The summed E-state index contributed by atoms with van der Waals surface area (Å²) in [5.41, 5.74) is 1.41. The van der Waals surface area contributed by atoms with E-state index in [9.17, 15) is 9.59 Å². The van der Waals surface area contributed by atoms with Crippen LogP contribution < -0.4 is 24.8 Å². The molecular formula is C20H22N4O5S2. The van der Waals surface area contributed by atoms with Crippen molar-refractivity contribution in [1.82, 2.24) is 15.5 Å². The normalized spacial score (nSPS) is 11.5. The van der Waals surface area contributed by atoms with Crippen molar-refractivity contribution in [2.45, 2.75) is 19.4 Å². The molecule has 164 valence electrons. The molecule has 3 aromatic rings. The van der Waals surface area contributed by atoms with Crippen molar-refractivity contribution in [1.29, 1.82) is 0 Å². The number of aromatic nitrogens is 2. The summed E-state index contributed by atoms with van der Waals surface area (Å²) in [6.07, 6.45) is 0.657. The third kappa shape index (κ3) is 5.50. The number of carbonyl (C=O) groups is 2. The Morgan fingerprint density at radius 1 is 1.10 bits per heavy atom. The van der Waals surface area contributed by atoms with Crippen molar-refractivity contribution in [2.24, 2.45) is 0 Å². The van der Waals surface area contributed by atoms with Gasteiger partial charge in [-0.2, -0.15) is 11.3 Å². The summed E-state index contributed by atoms with van der Waals surface area (Å²) in [5.74, 6) is 0.199. The van der Waals surface area contributed by atoms with Crippen molar-refractivity contribution >= 4 is 39.6 Å². The average molecular weight is 463 g/mol. The number of benzene rings is 1. The van der Waals surface area contributed by atoms with Crippen molar-refractivity contribution in [3.8, 4) is 17.2 Å². The van der Waals surface area contributed by atoms with Crippen molar-refractivity contribution in [2.75, 3.05) is 26.6 Å². The lowest BCUT2D eigenvalue weighted by Crippen LogP contribution is -2.41. The molecule has 2 heterocycles. The molecule has 1 aromatic carbocycles. The third-order valence-corrected chi connectivity index (χ3v) is 5.87. The molecule has 0 aliphatic carbocycles. The van der Waals surface area contributed by atoms with Gasteiger partial charge in [0.1, 0.15) is 11.0 Å². The second-order valence-electron chi connectivity index (χ2n) is 6.41. The summed E-state index contributed by atoms with van der Waals surface area (Å²) in [7, 11) is 4.40. The Kier molecular flexibility index (Phi) is 7.42. The second kappa shape index (κ2) is 10.2. The molecule has 0 aliphatic rings. The van der Waals surface area contributed by atoms with Gasteiger partial charge in [-0.05, 0) is 41.4 Å². The topological polar surface area (TPSA) is 112 Å². The first-order chi connectivity index (χ1) is 14.9. The molecule has 2 aromatic heterocycles. The summed E-state index contributed by atoms with van der Waals surface area (Å²) in [5, 5.41) is 18.7. The molecule has 2 amide bonds. The van der Waals surface area contributed by atoms with E-state index in [1.807, 2.05) is 16.8 Å². The molecule has 9 nitrogen and oxygen atoms in total. The maximum atomic E-state index is 12.7. The number of nitrogens with zero attached hydrogens (tertiary/aromatic N) is 2. The quantitative estimate of drug-likeness (QED) is 0.503. The third-order valence-electron chi connectivity index (χ3n) is 4.30.